The molecule has 0 spiro atoms. The normalized spacial score (nSPS) is 19.7. The second-order valence-corrected chi connectivity index (χ2v) is 13.2. The van der Waals surface area contributed by atoms with E-state index < -0.39 is 35.4 Å². The molecule has 4 heterocycles. The smallest absolute Gasteiger partial charge is 0.274 e. The van der Waals surface area contributed by atoms with Crippen LogP contribution in [-0.2, 0) is 43.2 Å². The monoisotopic (exact) mass is 659 g/mol. The van der Waals surface area contributed by atoms with Crippen LogP contribution in [0.5, 0.6) is 0 Å². The predicted molar refractivity (Wildman–Crippen MR) is 176 cm³/mol. The Labute approximate surface area is 280 Å². The number of benzene rings is 1. The van der Waals surface area contributed by atoms with E-state index in [9.17, 15) is 19.2 Å². The number of amides is 2. The molecular formula is C36H45N5O7. The van der Waals surface area contributed by atoms with Crippen molar-refractivity contribution in [3.05, 3.63) is 83.5 Å². The second-order valence-electron chi connectivity index (χ2n) is 13.2. The lowest BCUT2D eigenvalue weighted by Crippen LogP contribution is -2.50. The van der Waals surface area contributed by atoms with Gasteiger partial charge in [-0.05, 0) is 43.4 Å². The van der Waals surface area contributed by atoms with E-state index in [2.05, 4.69) is 25.7 Å². The molecule has 5 rings (SSSR count). The first-order valence-electron chi connectivity index (χ1n) is 16.6. The number of morpholine rings is 1. The average Bonchev–Trinajstić information content (AvgIpc) is 3.66. The maximum atomic E-state index is 14.1. The number of rotatable bonds is 17. The van der Waals surface area contributed by atoms with Crippen molar-refractivity contribution in [1.82, 2.24) is 25.7 Å². The number of Topliss-reactive ketones (excluding diaryl/α,β-unsaturated/α-hetero) is 2. The molecule has 48 heavy (non-hydrogen) atoms. The van der Waals surface area contributed by atoms with Crippen LogP contribution in [0.2, 0.25) is 0 Å². The molecule has 0 saturated carbocycles. The molecular weight excluding hydrogens is 614 g/mol. The molecule has 2 fully saturated rings. The maximum Gasteiger partial charge on any atom is 0.274 e. The predicted octanol–water partition coefficient (Wildman–Crippen LogP) is 2.95. The number of pyridine rings is 1. The molecule has 2 amide bonds. The number of hydrogen-bond acceptors (Lipinski definition) is 10. The summed E-state index contributed by atoms with van der Waals surface area (Å²) in [6.45, 7) is 9.26. The Morgan fingerprint density at radius 1 is 0.958 bits per heavy atom. The quantitative estimate of drug-likeness (QED) is 0.207. The van der Waals surface area contributed by atoms with Gasteiger partial charge in [-0.2, -0.15) is 0 Å². The Balaban J connectivity index is 1.33. The van der Waals surface area contributed by atoms with Crippen LogP contribution in [0.3, 0.4) is 0 Å². The largest absolute Gasteiger partial charge is 0.379 e. The van der Waals surface area contributed by atoms with E-state index in [1.54, 1.807) is 31.3 Å². The van der Waals surface area contributed by atoms with Crippen molar-refractivity contribution in [2.24, 2.45) is 11.8 Å². The van der Waals surface area contributed by atoms with Gasteiger partial charge in [0.05, 0.1) is 38.4 Å². The van der Waals surface area contributed by atoms with Crippen LogP contribution in [-0.4, -0.2) is 89.0 Å². The number of carbonyl (C=O) groups is 4. The van der Waals surface area contributed by atoms with Gasteiger partial charge in [-0.25, -0.2) is 0 Å². The third kappa shape index (κ3) is 9.88. The van der Waals surface area contributed by atoms with Crippen molar-refractivity contribution in [2.75, 3.05) is 32.9 Å². The summed E-state index contributed by atoms with van der Waals surface area (Å²) in [7, 11) is 0. The van der Waals surface area contributed by atoms with Gasteiger partial charge in [-0.15, -0.1) is 0 Å². The van der Waals surface area contributed by atoms with E-state index in [0.717, 1.165) is 18.7 Å². The summed E-state index contributed by atoms with van der Waals surface area (Å²) in [5.41, 5.74) is 0.629. The minimum absolute atomic E-state index is 0.0569. The Bertz CT molecular complexity index is 1530. The Kier molecular flexibility index (Phi) is 11.9. The number of hydrogen-bond donors (Lipinski definition) is 2. The molecule has 2 saturated heterocycles. The molecule has 256 valence electrons. The fourth-order valence-corrected chi connectivity index (χ4v) is 5.83. The summed E-state index contributed by atoms with van der Waals surface area (Å²) < 4.78 is 16.2. The highest BCUT2D eigenvalue weighted by molar-refractivity contribution is 5.99. The fourth-order valence-electron chi connectivity index (χ4n) is 5.83. The molecule has 0 aliphatic carbocycles. The minimum Gasteiger partial charge on any atom is -0.379 e. The molecule has 4 atom stereocenters. The van der Waals surface area contributed by atoms with Crippen molar-refractivity contribution in [2.45, 2.75) is 70.7 Å². The Morgan fingerprint density at radius 2 is 1.69 bits per heavy atom. The van der Waals surface area contributed by atoms with Gasteiger partial charge < -0.3 is 24.6 Å². The molecule has 2 N–H and O–H groups in total. The van der Waals surface area contributed by atoms with Gasteiger partial charge in [0.15, 0.2) is 23.0 Å². The second kappa shape index (κ2) is 16.2. The van der Waals surface area contributed by atoms with Gasteiger partial charge in [-0.1, -0.05) is 55.4 Å². The number of ether oxygens (including phenoxy) is 2. The van der Waals surface area contributed by atoms with Crippen LogP contribution in [0.25, 0.3) is 0 Å². The first-order valence-corrected chi connectivity index (χ1v) is 16.6. The van der Waals surface area contributed by atoms with Crippen LogP contribution in [0.1, 0.15) is 61.1 Å². The highest BCUT2D eigenvalue weighted by atomic mass is 16.6. The lowest BCUT2D eigenvalue weighted by atomic mass is 9.88. The molecule has 2 aliphatic heterocycles. The van der Waals surface area contributed by atoms with E-state index in [0.29, 0.717) is 44.2 Å². The summed E-state index contributed by atoms with van der Waals surface area (Å²) in [5, 5.41) is 9.76. The molecule has 3 aromatic rings. The maximum absolute atomic E-state index is 14.1. The van der Waals surface area contributed by atoms with Crippen LogP contribution in [0.4, 0.5) is 0 Å². The molecule has 0 bridgehead atoms. The molecule has 2 aliphatic rings. The molecule has 2 aromatic heterocycles. The third-order valence-corrected chi connectivity index (χ3v) is 8.69. The standard InChI is InChI=1S/C36H45N5O7/c1-24(2)17-30(33(43)36(3)23-47-36)39-34(44)26(18-25-9-5-4-6-10-25)19-32(42)29(20-27-11-7-8-12-37-27)38-35(45)31-21-28(48-40-31)22-41-13-15-46-16-14-41/h4-12,21,24,26,29-30H,13-20,22-23H2,1-3H3,(H,38,45)(H,39,44)/t26-,29+,30+,36-/m1/s1. The van der Waals surface area contributed by atoms with Crippen LogP contribution in [0.15, 0.2) is 65.3 Å². The summed E-state index contributed by atoms with van der Waals surface area (Å²) >= 11 is 0. The topological polar surface area (TPSA) is 156 Å². The van der Waals surface area contributed by atoms with Gasteiger partial charge in [0.25, 0.3) is 5.91 Å². The SMILES string of the molecule is CC(C)C[C@H](NC(=O)[C@@H](CC(=O)[C@H](Cc1ccccn1)NC(=O)c1cc(CN2CCOCC2)on1)Cc1ccccc1)C(=O)[C@@]1(C)CO1. The molecule has 0 radical (unpaired) electrons. The first-order chi connectivity index (χ1) is 23.1. The van der Waals surface area contributed by atoms with E-state index in [1.807, 2.05) is 50.2 Å². The molecule has 0 unspecified atom stereocenters. The first kappa shape index (κ1) is 35.1. The van der Waals surface area contributed by atoms with Crippen molar-refractivity contribution in [1.29, 1.82) is 0 Å². The van der Waals surface area contributed by atoms with E-state index >= 15 is 0 Å². The number of carbonyl (C=O) groups excluding carboxylic acids is 4. The summed E-state index contributed by atoms with van der Waals surface area (Å²) in [4.78, 5) is 61.2. The zero-order chi connectivity index (χ0) is 34.1. The molecule has 12 heteroatoms. The van der Waals surface area contributed by atoms with E-state index in [1.165, 1.54) is 0 Å². The summed E-state index contributed by atoms with van der Waals surface area (Å²) in [6.07, 6.45) is 2.28. The zero-order valence-electron chi connectivity index (χ0n) is 27.9. The van der Waals surface area contributed by atoms with Gasteiger partial charge in [0.1, 0.15) is 5.60 Å². The molecule has 12 nitrogen and oxygen atoms in total. The van der Waals surface area contributed by atoms with Crippen LogP contribution >= 0.6 is 0 Å². The lowest BCUT2D eigenvalue weighted by Gasteiger charge is -2.25. The number of aromatic nitrogens is 2. The third-order valence-electron chi connectivity index (χ3n) is 8.69. The minimum atomic E-state index is -0.996. The highest BCUT2D eigenvalue weighted by Crippen LogP contribution is 2.30. The Morgan fingerprint density at radius 3 is 2.35 bits per heavy atom. The van der Waals surface area contributed by atoms with E-state index in [4.69, 9.17) is 14.0 Å². The lowest BCUT2D eigenvalue weighted by molar-refractivity contribution is -0.134. The van der Waals surface area contributed by atoms with Crippen LogP contribution in [0, 0.1) is 11.8 Å². The van der Waals surface area contributed by atoms with Gasteiger partial charge in [0.2, 0.25) is 5.91 Å². The fraction of sp³-hybridized carbons (Fsp3) is 0.500. The van der Waals surface area contributed by atoms with E-state index in [-0.39, 0.29) is 42.4 Å². The van der Waals surface area contributed by atoms with Crippen molar-refractivity contribution < 1.29 is 33.2 Å². The summed E-state index contributed by atoms with van der Waals surface area (Å²) in [5.74, 6) is -1.61. The van der Waals surface area contributed by atoms with Crippen molar-refractivity contribution in [3.63, 3.8) is 0 Å². The van der Waals surface area contributed by atoms with Crippen molar-refractivity contribution in [3.8, 4) is 0 Å². The Hall–Kier alpha value is -4.26. The molecule has 1 aromatic carbocycles. The summed E-state index contributed by atoms with van der Waals surface area (Å²) in [6, 6.07) is 14.6. The number of ketones is 2. The number of nitrogens with zero attached hydrogens (tertiary/aromatic N) is 3. The van der Waals surface area contributed by atoms with Crippen LogP contribution < -0.4 is 10.6 Å². The number of epoxide rings is 1. The van der Waals surface area contributed by atoms with Crippen molar-refractivity contribution >= 4 is 23.4 Å². The highest BCUT2D eigenvalue weighted by Gasteiger charge is 2.50. The van der Waals surface area contributed by atoms with Gasteiger partial charge in [-0.3, -0.25) is 29.1 Å². The number of nitrogens with one attached hydrogen (secondary N) is 2. The zero-order valence-corrected chi connectivity index (χ0v) is 27.9. The van der Waals surface area contributed by atoms with Gasteiger partial charge >= 0.3 is 0 Å². The average molecular weight is 660 g/mol. The van der Waals surface area contributed by atoms with Gasteiger partial charge in [0, 0.05) is 49.8 Å².